The highest BCUT2D eigenvalue weighted by atomic mass is 28.4. The number of hydrogen-bond donors (Lipinski definition) is 0. The summed E-state index contributed by atoms with van der Waals surface area (Å²) in [4.78, 5) is 25.6. The van der Waals surface area contributed by atoms with Gasteiger partial charge in [-0.1, -0.05) is 45.0 Å². The van der Waals surface area contributed by atoms with Crippen molar-refractivity contribution in [2.75, 3.05) is 6.54 Å². The molecule has 0 radical (unpaired) electrons. The molecule has 28 heavy (non-hydrogen) atoms. The zero-order chi connectivity index (χ0) is 21.3. The highest BCUT2D eigenvalue weighted by molar-refractivity contribution is 6.74. The third-order valence-corrected chi connectivity index (χ3v) is 10.2. The van der Waals surface area contributed by atoms with Crippen LogP contribution >= 0.6 is 0 Å². The van der Waals surface area contributed by atoms with Crippen LogP contribution in [-0.2, 0) is 9.16 Å². The van der Waals surface area contributed by atoms with E-state index in [0.29, 0.717) is 12.1 Å². The Morgan fingerprint density at radius 1 is 1.11 bits per heavy atom. The van der Waals surface area contributed by atoms with Crippen molar-refractivity contribution in [2.24, 2.45) is 0 Å². The molecule has 0 spiro atoms. The van der Waals surface area contributed by atoms with Gasteiger partial charge in [0.2, 0.25) is 0 Å². The van der Waals surface area contributed by atoms with E-state index in [1.54, 1.807) is 17.0 Å². The SMILES string of the molecule is CC(C)(C)OC(=O)N1C[C@H](O[Si](C)(C)C(C)(C)C)C[C@H]1c1ccc(C=O)cc1. The molecule has 2 rings (SSSR count). The molecule has 1 fully saturated rings. The number of likely N-dealkylation sites (tertiary alicyclic amines) is 1. The van der Waals surface area contributed by atoms with E-state index in [1.165, 1.54) is 0 Å². The molecule has 0 saturated carbocycles. The van der Waals surface area contributed by atoms with Crippen LogP contribution in [0.3, 0.4) is 0 Å². The average molecular weight is 406 g/mol. The van der Waals surface area contributed by atoms with E-state index >= 15 is 0 Å². The van der Waals surface area contributed by atoms with Gasteiger partial charge in [-0.3, -0.25) is 9.69 Å². The summed E-state index contributed by atoms with van der Waals surface area (Å²) in [5.41, 5.74) is 1.07. The molecule has 0 unspecified atom stereocenters. The highest BCUT2D eigenvalue weighted by Gasteiger charge is 2.44. The molecular formula is C22H35NO4Si. The summed E-state index contributed by atoms with van der Waals surface area (Å²) in [7, 11) is -1.95. The predicted octanol–water partition coefficient (Wildman–Crippen LogP) is 5.57. The molecule has 1 aromatic rings. The zero-order valence-electron chi connectivity index (χ0n) is 18.5. The number of benzene rings is 1. The molecule has 1 amide bonds. The van der Waals surface area contributed by atoms with Gasteiger partial charge in [-0.05, 0) is 50.9 Å². The maximum absolute atomic E-state index is 12.9. The second kappa shape index (κ2) is 7.99. The third-order valence-electron chi connectivity index (χ3n) is 5.62. The van der Waals surface area contributed by atoms with Gasteiger partial charge in [0.05, 0.1) is 12.1 Å². The first-order chi connectivity index (χ1) is 12.7. The van der Waals surface area contributed by atoms with Crippen LogP contribution in [0.5, 0.6) is 0 Å². The fourth-order valence-corrected chi connectivity index (χ4v) is 4.47. The topological polar surface area (TPSA) is 55.8 Å². The second-order valence-corrected chi connectivity index (χ2v) is 14.9. The van der Waals surface area contributed by atoms with Crippen molar-refractivity contribution in [3.8, 4) is 0 Å². The van der Waals surface area contributed by atoms with E-state index in [0.717, 1.165) is 18.3 Å². The van der Waals surface area contributed by atoms with Gasteiger partial charge < -0.3 is 9.16 Å². The molecule has 2 atom stereocenters. The molecule has 1 heterocycles. The summed E-state index contributed by atoms with van der Waals surface area (Å²) in [6.45, 7) is 17.3. The molecule has 1 aromatic carbocycles. The Labute approximate surface area is 170 Å². The third kappa shape index (κ3) is 5.45. The summed E-state index contributed by atoms with van der Waals surface area (Å²) in [6.07, 6.45) is 1.21. The Kier molecular flexibility index (Phi) is 6.46. The van der Waals surface area contributed by atoms with Crippen molar-refractivity contribution >= 4 is 20.7 Å². The Bertz CT molecular complexity index is 701. The van der Waals surface area contributed by atoms with Crippen LogP contribution in [0.15, 0.2) is 24.3 Å². The lowest BCUT2D eigenvalue weighted by molar-refractivity contribution is 0.0208. The lowest BCUT2D eigenvalue weighted by atomic mass is 10.0. The van der Waals surface area contributed by atoms with Crippen molar-refractivity contribution in [1.82, 2.24) is 4.90 Å². The number of hydrogen-bond acceptors (Lipinski definition) is 4. The first kappa shape index (κ1) is 22.6. The summed E-state index contributed by atoms with van der Waals surface area (Å²) in [5.74, 6) is 0. The van der Waals surface area contributed by atoms with Crippen LogP contribution in [0.1, 0.15) is 69.9 Å². The number of ether oxygens (including phenoxy) is 1. The van der Waals surface area contributed by atoms with E-state index in [-0.39, 0.29) is 23.3 Å². The van der Waals surface area contributed by atoms with Gasteiger partial charge in [-0.15, -0.1) is 0 Å². The van der Waals surface area contributed by atoms with Crippen molar-refractivity contribution in [1.29, 1.82) is 0 Å². The fraction of sp³-hybridized carbons (Fsp3) is 0.636. The quantitative estimate of drug-likeness (QED) is 0.485. The van der Waals surface area contributed by atoms with E-state index in [2.05, 4.69) is 33.9 Å². The summed E-state index contributed by atoms with van der Waals surface area (Å²) in [6, 6.07) is 7.29. The maximum Gasteiger partial charge on any atom is 0.410 e. The molecule has 1 aliphatic rings. The van der Waals surface area contributed by atoms with E-state index in [4.69, 9.17) is 9.16 Å². The van der Waals surface area contributed by atoms with Gasteiger partial charge in [0, 0.05) is 12.1 Å². The molecule has 0 aliphatic carbocycles. The number of aldehydes is 1. The molecule has 6 heteroatoms. The van der Waals surface area contributed by atoms with Crippen LogP contribution in [0, 0.1) is 0 Å². The molecule has 1 saturated heterocycles. The summed E-state index contributed by atoms with van der Waals surface area (Å²) >= 11 is 0. The zero-order valence-corrected chi connectivity index (χ0v) is 19.5. The minimum absolute atomic E-state index is 0.0239. The van der Waals surface area contributed by atoms with Crippen LogP contribution in [0.25, 0.3) is 0 Å². The first-order valence-corrected chi connectivity index (χ1v) is 12.9. The molecule has 156 valence electrons. The lowest BCUT2D eigenvalue weighted by Gasteiger charge is -2.38. The normalized spacial score (nSPS) is 20.9. The fourth-order valence-electron chi connectivity index (χ4n) is 3.11. The summed E-state index contributed by atoms with van der Waals surface area (Å²) in [5, 5.41) is 0.105. The number of amides is 1. The van der Waals surface area contributed by atoms with Gasteiger partial charge >= 0.3 is 6.09 Å². The predicted molar refractivity (Wildman–Crippen MR) is 114 cm³/mol. The summed E-state index contributed by atoms with van der Waals surface area (Å²) < 4.78 is 12.3. The largest absolute Gasteiger partial charge is 0.444 e. The van der Waals surface area contributed by atoms with Gasteiger partial charge in [0.25, 0.3) is 0 Å². The number of rotatable bonds is 4. The number of carbonyl (C=O) groups excluding carboxylic acids is 2. The molecule has 0 bridgehead atoms. The van der Waals surface area contributed by atoms with E-state index < -0.39 is 13.9 Å². The molecule has 0 N–H and O–H groups in total. The van der Waals surface area contributed by atoms with Crippen molar-refractivity contribution in [3.63, 3.8) is 0 Å². The highest BCUT2D eigenvalue weighted by Crippen LogP contribution is 2.41. The van der Waals surface area contributed by atoms with Crippen LogP contribution in [0.2, 0.25) is 18.1 Å². The lowest BCUT2D eigenvalue weighted by Crippen LogP contribution is -2.45. The minimum Gasteiger partial charge on any atom is -0.444 e. The van der Waals surface area contributed by atoms with E-state index in [1.807, 2.05) is 32.9 Å². The van der Waals surface area contributed by atoms with Crippen molar-refractivity contribution < 1.29 is 18.8 Å². The monoisotopic (exact) mass is 405 g/mol. The molecule has 5 nitrogen and oxygen atoms in total. The van der Waals surface area contributed by atoms with Crippen molar-refractivity contribution in [3.05, 3.63) is 35.4 Å². The van der Waals surface area contributed by atoms with Crippen LogP contribution in [0.4, 0.5) is 4.79 Å². The number of nitrogens with zero attached hydrogens (tertiary/aromatic N) is 1. The van der Waals surface area contributed by atoms with Crippen LogP contribution < -0.4 is 0 Å². The minimum atomic E-state index is -1.95. The Morgan fingerprint density at radius 3 is 2.14 bits per heavy atom. The molecular weight excluding hydrogens is 370 g/mol. The van der Waals surface area contributed by atoms with Gasteiger partial charge in [0.15, 0.2) is 8.32 Å². The standard InChI is InChI=1S/C22H35NO4Si/c1-21(2,3)26-20(25)23-14-18(27-28(7,8)22(4,5)6)13-19(23)17-11-9-16(15-24)10-12-17/h9-12,15,18-19H,13-14H2,1-8H3/t18-,19+/m1/s1. The van der Waals surface area contributed by atoms with Crippen LogP contribution in [-0.4, -0.2) is 43.8 Å². The Balaban J connectivity index is 2.27. The first-order valence-electron chi connectivity index (χ1n) is 9.96. The van der Waals surface area contributed by atoms with Gasteiger partial charge in [-0.25, -0.2) is 4.79 Å². The Morgan fingerprint density at radius 2 is 1.68 bits per heavy atom. The smallest absolute Gasteiger partial charge is 0.410 e. The second-order valence-electron chi connectivity index (χ2n) is 10.2. The van der Waals surface area contributed by atoms with E-state index in [9.17, 15) is 9.59 Å². The van der Waals surface area contributed by atoms with Gasteiger partial charge in [-0.2, -0.15) is 0 Å². The average Bonchev–Trinajstić information content (AvgIpc) is 2.95. The van der Waals surface area contributed by atoms with Gasteiger partial charge in [0.1, 0.15) is 11.9 Å². The Hall–Kier alpha value is -1.66. The number of carbonyl (C=O) groups is 2. The molecule has 0 aromatic heterocycles. The maximum atomic E-state index is 12.9. The van der Waals surface area contributed by atoms with Crippen molar-refractivity contribution in [2.45, 2.75) is 83.8 Å². The molecule has 1 aliphatic heterocycles.